The molecule has 0 saturated carbocycles. The molecule has 0 unspecified atom stereocenters. The quantitative estimate of drug-likeness (QED) is 0.943. The molecule has 7 heteroatoms. The molecule has 0 bridgehead atoms. The number of halogens is 3. The first kappa shape index (κ1) is 14.5. The molecule has 0 aliphatic carbocycles. The molecule has 0 fully saturated rings. The first-order valence-electron chi connectivity index (χ1n) is 5.58. The molecule has 3 nitrogen and oxygen atoms in total. The zero-order valence-corrected chi connectivity index (χ0v) is 10.9. The summed E-state index contributed by atoms with van der Waals surface area (Å²) in [7, 11) is -4.32. The average molecular weight is 301 g/mol. The van der Waals surface area contributed by atoms with E-state index >= 15 is 0 Å². The number of hydrogen-bond acceptors (Lipinski definition) is 2. The minimum absolute atomic E-state index is 0.198. The zero-order chi connectivity index (χ0) is 14.8. The van der Waals surface area contributed by atoms with E-state index in [9.17, 15) is 21.6 Å². The molecule has 1 N–H and O–H groups in total. The molecule has 106 valence electrons. The fraction of sp³-hybridized carbons (Fsp3) is 0.0769. The van der Waals surface area contributed by atoms with Crippen LogP contribution in [0.3, 0.4) is 0 Å². The van der Waals surface area contributed by atoms with Crippen molar-refractivity contribution in [3.63, 3.8) is 0 Å². The van der Waals surface area contributed by atoms with Gasteiger partial charge in [-0.25, -0.2) is 26.3 Å². The van der Waals surface area contributed by atoms with Crippen molar-refractivity contribution in [3.05, 3.63) is 65.5 Å². The topological polar surface area (TPSA) is 46.2 Å². The van der Waals surface area contributed by atoms with Gasteiger partial charge >= 0.3 is 0 Å². The molecule has 0 aliphatic heterocycles. The molecule has 0 heterocycles. The summed E-state index contributed by atoms with van der Waals surface area (Å²) in [5.74, 6) is -2.80. The summed E-state index contributed by atoms with van der Waals surface area (Å²) in [6.45, 7) is -0.198. The van der Waals surface area contributed by atoms with Crippen LogP contribution >= 0.6 is 0 Å². The van der Waals surface area contributed by atoms with Gasteiger partial charge in [-0.05, 0) is 29.8 Å². The van der Waals surface area contributed by atoms with Crippen molar-refractivity contribution in [2.75, 3.05) is 0 Å². The lowest BCUT2D eigenvalue weighted by Gasteiger charge is -2.08. The van der Waals surface area contributed by atoms with Crippen LogP contribution in [0, 0.1) is 17.5 Å². The number of rotatable bonds is 4. The van der Waals surface area contributed by atoms with E-state index in [1.54, 1.807) is 0 Å². The molecule has 20 heavy (non-hydrogen) atoms. The third-order valence-electron chi connectivity index (χ3n) is 2.57. The first-order chi connectivity index (χ1) is 9.40. The van der Waals surface area contributed by atoms with Gasteiger partial charge in [-0.2, -0.15) is 0 Å². The van der Waals surface area contributed by atoms with E-state index in [-0.39, 0.29) is 6.54 Å². The Morgan fingerprint density at radius 1 is 0.900 bits per heavy atom. The van der Waals surface area contributed by atoms with E-state index in [0.717, 1.165) is 30.3 Å². The highest BCUT2D eigenvalue weighted by molar-refractivity contribution is 7.89. The van der Waals surface area contributed by atoms with Crippen molar-refractivity contribution in [2.45, 2.75) is 11.4 Å². The number of benzene rings is 2. The molecular weight excluding hydrogens is 291 g/mol. The van der Waals surface area contributed by atoms with E-state index in [1.807, 2.05) is 0 Å². The van der Waals surface area contributed by atoms with Crippen molar-refractivity contribution < 1.29 is 21.6 Å². The number of nitrogens with one attached hydrogen (secondary N) is 1. The number of sulfonamides is 1. The van der Waals surface area contributed by atoms with Crippen molar-refractivity contribution >= 4 is 10.0 Å². The molecular formula is C13H10F3NO2S. The van der Waals surface area contributed by atoms with E-state index in [2.05, 4.69) is 4.72 Å². The smallest absolute Gasteiger partial charge is 0.207 e. The summed E-state index contributed by atoms with van der Waals surface area (Å²) in [6, 6.07) is 7.85. The van der Waals surface area contributed by atoms with E-state index in [1.165, 1.54) is 12.1 Å². The Labute approximate surface area is 114 Å². The van der Waals surface area contributed by atoms with Crippen molar-refractivity contribution in [3.8, 4) is 0 Å². The van der Waals surface area contributed by atoms with Crippen LogP contribution in [0.25, 0.3) is 0 Å². The van der Waals surface area contributed by atoms with Crippen LogP contribution in [0.4, 0.5) is 13.2 Å². The third kappa shape index (κ3) is 3.17. The Balaban J connectivity index is 2.22. The van der Waals surface area contributed by atoms with Gasteiger partial charge in [-0.3, -0.25) is 0 Å². The number of hydrogen-bond donors (Lipinski definition) is 1. The molecule has 0 amide bonds. The molecule has 0 aliphatic rings. The van der Waals surface area contributed by atoms with Crippen LogP contribution < -0.4 is 4.72 Å². The van der Waals surface area contributed by atoms with Gasteiger partial charge in [0.05, 0.1) is 0 Å². The van der Waals surface area contributed by atoms with Crippen LogP contribution in [0.5, 0.6) is 0 Å². The lowest BCUT2D eigenvalue weighted by Crippen LogP contribution is -2.25. The van der Waals surface area contributed by atoms with Gasteiger partial charge in [-0.1, -0.05) is 18.2 Å². The highest BCUT2D eigenvalue weighted by Gasteiger charge is 2.23. The molecule has 0 spiro atoms. The van der Waals surface area contributed by atoms with E-state index in [4.69, 9.17) is 0 Å². The van der Waals surface area contributed by atoms with Gasteiger partial charge in [0.25, 0.3) is 0 Å². The SMILES string of the molecule is O=S(=O)(NCc1ccc(F)cc1)c1c(F)cccc1F. The maximum absolute atomic E-state index is 13.4. The highest BCUT2D eigenvalue weighted by Crippen LogP contribution is 2.18. The minimum atomic E-state index is -4.32. The second-order valence-electron chi connectivity index (χ2n) is 4.00. The molecule has 2 aromatic rings. The maximum Gasteiger partial charge on any atom is 0.246 e. The highest BCUT2D eigenvalue weighted by atomic mass is 32.2. The van der Waals surface area contributed by atoms with Gasteiger partial charge in [0.1, 0.15) is 17.5 Å². The summed E-state index contributed by atoms with van der Waals surface area (Å²) in [5.41, 5.74) is 0.465. The lowest BCUT2D eigenvalue weighted by molar-refractivity contribution is 0.514. The van der Waals surface area contributed by atoms with Crippen LogP contribution in [0.15, 0.2) is 47.4 Å². The molecule has 0 radical (unpaired) electrons. The fourth-order valence-corrected chi connectivity index (χ4v) is 2.74. The summed E-state index contributed by atoms with van der Waals surface area (Å²) < 4.78 is 65.3. The van der Waals surface area contributed by atoms with Crippen LogP contribution in [0.2, 0.25) is 0 Å². The Morgan fingerprint density at radius 2 is 1.45 bits per heavy atom. The zero-order valence-electron chi connectivity index (χ0n) is 10.1. The fourth-order valence-electron chi connectivity index (χ4n) is 1.59. The van der Waals surface area contributed by atoms with Gasteiger partial charge in [-0.15, -0.1) is 0 Å². The third-order valence-corrected chi connectivity index (χ3v) is 4.02. The summed E-state index contributed by atoms with van der Waals surface area (Å²) in [6.07, 6.45) is 0. The van der Waals surface area contributed by atoms with Gasteiger partial charge in [0.15, 0.2) is 4.90 Å². The summed E-state index contributed by atoms with van der Waals surface area (Å²) in [4.78, 5) is -1.03. The van der Waals surface area contributed by atoms with Gasteiger partial charge in [0.2, 0.25) is 10.0 Å². The van der Waals surface area contributed by atoms with Crippen molar-refractivity contribution in [2.24, 2.45) is 0 Å². The second-order valence-corrected chi connectivity index (χ2v) is 5.71. The Hall–Kier alpha value is -1.86. The molecule has 2 aromatic carbocycles. The Morgan fingerprint density at radius 3 is 2.00 bits per heavy atom. The van der Waals surface area contributed by atoms with Crippen LogP contribution in [0.1, 0.15) is 5.56 Å². The van der Waals surface area contributed by atoms with Gasteiger partial charge < -0.3 is 0 Å². The predicted octanol–water partition coefficient (Wildman–Crippen LogP) is 2.58. The van der Waals surface area contributed by atoms with Crippen molar-refractivity contribution in [1.29, 1.82) is 0 Å². The normalized spacial score (nSPS) is 11.6. The standard InChI is InChI=1S/C13H10F3NO2S/c14-10-6-4-9(5-7-10)8-17-20(18,19)13-11(15)2-1-3-12(13)16/h1-7,17H,8H2. The minimum Gasteiger partial charge on any atom is -0.207 e. The molecule has 0 saturated heterocycles. The first-order valence-corrected chi connectivity index (χ1v) is 7.06. The monoisotopic (exact) mass is 301 g/mol. The molecule has 0 atom stereocenters. The van der Waals surface area contributed by atoms with Crippen LogP contribution in [-0.4, -0.2) is 8.42 Å². The Bertz CT molecular complexity index is 695. The maximum atomic E-state index is 13.4. The largest absolute Gasteiger partial charge is 0.246 e. The lowest BCUT2D eigenvalue weighted by atomic mass is 10.2. The molecule has 2 rings (SSSR count). The van der Waals surface area contributed by atoms with Crippen molar-refractivity contribution in [1.82, 2.24) is 4.72 Å². The Kier molecular flexibility index (Phi) is 4.10. The summed E-state index contributed by atoms with van der Waals surface area (Å²) >= 11 is 0. The predicted molar refractivity (Wildman–Crippen MR) is 66.8 cm³/mol. The van der Waals surface area contributed by atoms with Gasteiger partial charge in [0, 0.05) is 6.54 Å². The molecule has 0 aromatic heterocycles. The van der Waals surface area contributed by atoms with Crippen LogP contribution in [-0.2, 0) is 16.6 Å². The van der Waals surface area contributed by atoms with E-state index < -0.39 is 32.4 Å². The second kappa shape index (κ2) is 5.64. The average Bonchev–Trinajstić information content (AvgIpc) is 2.37. The summed E-state index contributed by atoms with van der Waals surface area (Å²) in [5, 5.41) is 0. The van der Waals surface area contributed by atoms with E-state index in [0.29, 0.717) is 5.56 Å².